The van der Waals surface area contributed by atoms with Crippen molar-refractivity contribution in [1.82, 2.24) is 9.13 Å². The van der Waals surface area contributed by atoms with Gasteiger partial charge < -0.3 is 18.9 Å². The Morgan fingerprint density at radius 1 is 0.202 bits per heavy atom. The van der Waals surface area contributed by atoms with Crippen LogP contribution >= 0.6 is 22.7 Å². The molecule has 6 heteroatoms. The molecule has 20 aromatic carbocycles. The Labute approximate surface area is 757 Å². The van der Waals surface area contributed by atoms with Crippen LogP contribution in [0.1, 0.15) is 25.0 Å². The standard InChI is InChI=1S/C63H44N2S.C60H40N2S/c1-63(2)56-25-12-9-22-50(56)51-37-36-49(39-57(51)63)64(46-32-28-43(29-33-46)41-16-5-3-6-17-41)47-34-30-44(31-35-47)54-40-55-52-23-10-13-26-58(52)65(48-21-15-20-45(38-48)42-18-7-4-8-19-42)61(55)60-53-24-11-14-27-59(53)66-62(54)60;1-4-15-41(16-5-1)44-27-33-48(34-28-44)61(49-35-29-45(30-36-49)42-17-6-2-7-18-42)50-37-31-46(32-38-50)54-40-55-52-23-10-12-25-56(52)62(51-22-14-21-47(39-51)43-19-8-3-9-20-43)59(55)58-53-24-11-13-26-57(53)63-60(54)58/h3-40H,1-2H3;1-40H. The lowest BCUT2D eigenvalue weighted by Crippen LogP contribution is -2.16. The molecule has 0 spiro atoms. The van der Waals surface area contributed by atoms with Crippen molar-refractivity contribution in [2.45, 2.75) is 19.3 Å². The van der Waals surface area contributed by atoms with Gasteiger partial charge in [-0.1, -0.05) is 354 Å². The molecule has 0 amide bonds. The van der Waals surface area contributed by atoms with Gasteiger partial charge in [0.05, 0.1) is 22.1 Å². The van der Waals surface area contributed by atoms with E-state index in [0.717, 1.165) is 45.5 Å². The summed E-state index contributed by atoms with van der Waals surface area (Å²) in [6.07, 6.45) is 0. The first-order chi connectivity index (χ1) is 63.7. The normalized spacial score (nSPS) is 12.2. The van der Waals surface area contributed by atoms with Crippen LogP contribution in [0, 0.1) is 0 Å². The third kappa shape index (κ3) is 13.4. The molecular weight excluding hydrogens is 1600 g/mol. The number of fused-ring (bicyclic) bond motifs is 17. The first-order valence-electron chi connectivity index (χ1n) is 44.3. The maximum absolute atomic E-state index is 2.50. The van der Waals surface area contributed by atoms with E-state index < -0.39 is 0 Å². The molecule has 0 bridgehead atoms. The van der Waals surface area contributed by atoms with E-state index in [0.29, 0.717) is 0 Å². The Morgan fingerprint density at radius 3 is 0.891 bits per heavy atom. The number of rotatable bonds is 15. The number of benzene rings is 20. The van der Waals surface area contributed by atoms with Gasteiger partial charge in [0.25, 0.3) is 0 Å². The molecule has 0 radical (unpaired) electrons. The summed E-state index contributed by atoms with van der Waals surface area (Å²) in [5, 5.41) is 10.2. The Kier molecular flexibility index (Phi) is 19.0. The number of hydrogen-bond acceptors (Lipinski definition) is 4. The molecule has 0 N–H and O–H groups in total. The van der Waals surface area contributed by atoms with Crippen LogP contribution in [-0.2, 0) is 5.41 Å². The van der Waals surface area contributed by atoms with Gasteiger partial charge in [0.2, 0.25) is 0 Å². The van der Waals surface area contributed by atoms with E-state index in [-0.39, 0.29) is 5.41 Å². The van der Waals surface area contributed by atoms with E-state index in [1.54, 1.807) is 0 Å². The van der Waals surface area contributed by atoms with Crippen LogP contribution in [0.3, 0.4) is 0 Å². The molecule has 4 heterocycles. The van der Waals surface area contributed by atoms with Gasteiger partial charge in [-0.2, -0.15) is 0 Å². The second-order valence-electron chi connectivity index (χ2n) is 34.2. The molecular formula is C123H84N4S2. The zero-order valence-electron chi connectivity index (χ0n) is 71.1. The predicted octanol–water partition coefficient (Wildman–Crippen LogP) is 35.2. The van der Waals surface area contributed by atoms with E-state index >= 15 is 0 Å². The monoisotopic (exact) mass is 1680 g/mol. The molecule has 129 heavy (non-hydrogen) atoms. The van der Waals surface area contributed by atoms with Gasteiger partial charge in [-0.3, -0.25) is 0 Å². The Bertz CT molecular complexity index is 8300. The summed E-state index contributed by atoms with van der Waals surface area (Å²) in [4.78, 5) is 4.79. The average molecular weight is 1680 g/mol. The number of hydrogen-bond donors (Lipinski definition) is 0. The number of nitrogens with zero attached hydrogens (tertiary/aromatic N) is 4. The van der Waals surface area contributed by atoms with Gasteiger partial charge in [-0.05, 0) is 222 Å². The van der Waals surface area contributed by atoms with Crippen molar-refractivity contribution in [3.63, 3.8) is 0 Å². The largest absolute Gasteiger partial charge is 0.311 e. The van der Waals surface area contributed by atoms with E-state index in [1.165, 1.54) is 184 Å². The van der Waals surface area contributed by atoms with E-state index in [1.807, 2.05) is 22.7 Å². The molecule has 24 aromatic rings. The van der Waals surface area contributed by atoms with Crippen LogP contribution in [0.25, 0.3) is 184 Å². The second-order valence-corrected chi connectivity index (χ2v) is 36.3. The molecule has 1 aliphatic carbocycles. The minimum Gasteiger partial charge on any atom is -0.311 e. The van der Waals surface area contributed by atoms with Crippen LogP contribution in [0.15, 0.2) is 473 Å². The minimum absolute atomic E-state index is 0.114. The zero-order chi connectivity index (χ0) is 85.6. The molecule has 1 aliphatic rings. The van der Waals surface area contributed by atoms with Crippen molar-refractivity contribution in [3.8, 4) is 100 Å². The molecule has 0 saturated carbocycles. The predicted molar refractivity (Wildman–Crippen MR) is 552 cm³/mol. The smallest absolute Gasteiger partial charge is 0.0634 e. The van der Waals surface area contributed by atoms with Gasteiger partial charge in [-0.25, -0.2) is 0 Å². The lowest BCUT2D eigenvalue weighted by Gasteiger charge is -2.28. The fourth-order valence-electron chi connectivity index (χ4n) is 20.2. The Balaban J connectivity index is 0.000000143. The van der Waals surface area contributed by atoms with Crippen molar-refractivity contribution in [2.24, 2.45) is 0 Å². The van der Waals surface area contributed by atoms with Crippen LogP contribution in [0.5, 0.6) is 0 Å². The van der Waals surface area contributed by atoms with E-state index in [9.17, 15) is 0 Å². The molecule has 0 fully saturated rings. The summed E-state index contributed by atoms with van der Waals surface area (Å²) in [6, 6.07) is 173. The van der Waals surface area contributed by atoms with Crippen LogP contribution in [0.2, 0.25) is 0 Å². The second kappa shape index (κ2) is 31.9. The van der Waals surface area contributed by atoms with Crippen molar-refractivity contribution < 1.29 is 0 Å². The maximum atomic E-state index is 2.50. The number of thiophene rings is 2. The van der Waals surface area contributed by atoms with Crippen LogP contribution in [0.4, 0.5) is 34.1 Å². The van der Waals surface area contributed by atoms with Gasteiger partial charge in [0.15, 0.2) is 0 Å². The SMILES string of the molecule is CC1(C)c2ccccc2-c2ccc(N(c3ccc(-c4ccccc4)cc3)c3ccc(-c4cc5c6ccccc6n(-c6cccc(-c7ccccc7)c6)c5c5c4sc4ccccc45)cc3)cc21.c1ccc(-c2ccc(N(c3ccc(-c4ccccc4)cc3)c3ccc(-c4cc5c6ccccc6n(-c6cccc(-c7ccccc7)c6)c5c5c4sc4ccccc45)cc3)cc2)cc1. The number of aromatic nitrogens is 2. The van der Waals surface area contributed by atoms with Gasteiger partial charge in [0.1, 0.15) is 0 Å². The highest BCUT2D eigenvalue weighted by atomic mass is 32.1. The quantitative estimate of drug-likeness (QED) is 0.102. The third-order valence-electron chi connectivity index (χ3n) is 26.4. The fourth-order valence-corrected chi connectivity index (χ4v) is 22.6. The lowest BCUT2D eigenvalue weighted by molar-refractivity contribution is 0.660. The summed E-state index contributed by atoms with van der Waals surface area (Å²) < 4.78 is 10.2. The van der Waals surface area contributed by atoms with Gasteiger partial charge in [0, 0.05) is 124 Å². The average Bonchev–Trinajstić information content (AvgIpc) is 1.55. The van der Waals surface area contributed by atoms with Crippen molar-refractivity contribution in [2.75, 3.05) is 9.80 Å². The van der Waals surface area contributed by atoms with E-state index in [4.69, 9.17) is 0 Å². The first kappa shape index (κ1) is 76.7. The van der Waals surface area contributed by atoms with Gasteiger partial charge in [-0.15, -0.1) is 22.7 Å². The van der Waals surface area contributed by atoms with Crippen LogP contribution < -0.4 is 9.80 Å². The molecule has 0 saturated heterocycles. The Hall–Kier alpha value is -16.0. The highest BCUT2D eigenvalue weighted by Gasteiger charge is 2.36. The number of para-hydroxylation sites is 2. The lowest BCUT2D eigenvalue weighted by atomic mass is 9.82. The van der Waals surface area contributed by atoms with Crippen molar-refractivity contribution in [1.29, 1.82) is 0 Å². The molecule has 4 aromatic heterocycles. The zero-order valence-corrected chi connectivity index (χ0v) is 72.8. The molecule has 608 valence electrons. The Morgan fingerprint density at radius 2 is 0.496 bits per heavy atom. The summed E-state index contributed by atoms with van der Waals surface area (Å²) in [5.74, 6) is 0. The summed E-state index contributed by atoms with van der Waals surface area (Å²) in [5.41, 5.74) is 36.1. The maximum Gasteiger partial charge on any atom is 0.0634 e. The van der Waals surface area contributed by atoms with Crippen molar-refractivity contribution >= 4 is 141 Å². The molecule has 0 atom stereocenters. The highest BCUT2D eigenvalue weighted by molar-refractivity contribution is 7.27. The third-order valence-corrected chi connectivity index (χ3v) is 28.8. The topological polar surface area (TPSA) is 16.3 Å². The molecule has 0 unspecified atom stereocenters. The fraction of sp³-hybridized carbons (Fsp3) is 0.0244. The molecule has 25 rings (SSSR count). The van der Waals surface area contributed by atoms with E-state index in [2.05, 4.69) is 506 Å². The molecule has 4 nitrogen and oxygen atoms in total. The number of anilines is 6. The summed E-state index contributed by atoms with van der Waals surface area (Å²) >= 11 is 3.79. The highest BCUT2D eigenvalue weighted by Crippen LogP contribution is 2.54. The minimum atomic E-state index is -0.114. The molecule has 0 aliphatic heterocycles. The van der Waals surface area contributed by atoms with Crippen LogP contribution in [-0.4, -0.2) is 9.13 Å². The summed E-state index contributed by atoms with van der Waals surface area (Å²) in [6.45, 7) is 4.72. The first-order valence-corrected chi connectivity index (χ1v) is 46.0. The summed E-state index contributed by atoms with van der Waals surface area (Å²) in [7, 11) is 0. The van der Waals surface area contributed by atoms with Crippen molar-refractivity contribution in [3.05, 3.63) is 484 Å². The van der Waals surface area contributed by atoms with Gasteiger partial charge >= 0.3 is 0 Å².